The smallest absolute Gasteiger partial charge is 0.251 e. The molecule has 0 radical (unpaired) electrons. The predicted molar refractivity (Wildman–Crippen MR) is 120 cm³/mol. The van der Waals surface area contributed by atoms with Crippen molar-refractivity contribution in [2.45, 2.75) is 13.5 Å². The number of amides is 3. The number of carbonyl (C=O) groups is 3. The molecule has 0 saturated heterocycles. The summed E-state index contributed by atoms with van der Waals surface area (Å²) in [5.74, 6) is -0.627. The van der Waals surface area contributed by atoms with Gasteiger partial charge in [-0.2, -0.15) is 0 Å². The van der Waals surface area contributed by atoms with E-state index in [1.807, 2.05) is 12.1 Å². The molecule has 0 atom stereocenters. The molecule has 0 spiro atoms. The highest BCUT2D eigenvalue weighted by Gasteiger charge is 2.06. The zero-order chi connectivity index (χ0) is 22.1. The molecule has 31 heavy (non-hydrogen) atoms. The third-order valence-corrected chi connectivity index (χ3v) is 4.28. The first-order valence-electron chi connectivity index (χ1n) is 9.63. The average molecular weight is 414 g/mol. The van der Waals surface area contributed by atoms with E-state index < -0.39 is 0 Å². The lowest BCUT2D eigenvalue weighted by atomic mass is 10.1. The summed E-state index contributed by atoms with van der Waals surface area (Å²) in [6.07, 6.45) is 6.44. The minimum absolute atomic E-state index is 0.139. The van der Waals surface area contributed by atoms with Crippen LogP contribution >= 0.6 is 0 Å². The topological polar surface area (TPSA) is 100 Å². The third kappa shape index (κ3) is 6.93. The fourth-order valence-electron chi connectivity index (χ4n) is 2.73. The van der Waals surface area contributed by atoms with Crippen molar-refractivity contribution in [3.63, 3.8) is 0 Å². The molecule has 2 aromatic carbocycles. The van der Waals surface area contributed by atoms with Gasteiger partial charge in [0.05, 0.1) is 0 Å². The summed E-state index contributed by atoms with van der Waals surface area (Å²) < 4.78 is 0. The van der Waals surface area contributed by atoms with Gasteiger partial charge in [0, 0.05) is 48.9 Å². The Kier molecular flexibility index (Phi) is 7.26. The van der Waals surface area contributed by atoms with E-state index >= 15 is 0 Å². The van der Waals surface area contributed by atoms with Crippen LogP contribution in [0.5, 0.6) is 0 Å². The van der Waals surface area contributed by atoms with Gasteiger partial charge in [0.1, 0.15) is 0 Å². The molecule has 3 rings (SSSR count). The van der Waals surface area contributed by atoms with Crippen molar-refractivity contribution in [2.75, 3.05) is 10.6 Å². The van der Waals surface area contributed by atoms with Gasteiger partial charge in [-0.1, -0.05) is 12.1 Å². The molecule has 3 amide bonds. The maximum atomic E-state index is 12.2. The number of anilines is 2. The first kappa shape index (κ1) is 21.4. The molecule has 0 bridgehead atoms. The van der Waals surface area contributed by atoms with Crippen LogP contribution in [0, 0.1) is 0 Å². The number of hydrogen-bond donors (Lipinski definition) is 3. The monoisotopic (exact) mass is 414 g/mol. The predicted octanol–water partition coefficient (Wildman–Crippen LogP) is 3.62. The van der Waals surface area contributed by atoms with Gasteiger partial charge < -0.3 is 16.0 Å². The first-order chi connectivity index (χ1) is 15.0. The van der Waals surface area contributed by atoms with E-state index in [9.17, 15) is 14.4 Å². The van der Waals surface area contributed by atoms with E-state index in [1.54, 1.807) is 67.0 Å². The number of nitrogens with zero attached hydrogens (tertiary/aromatic N) is 1. The molecule has 0 fully saturated rings. The van der Waals surface area contributed by atoms with E-state index in [1.165, 1.54) is 13.0 Å². The van der Waals surface area contributed by atoms with Gasteiger partial charge in [0.15, 0.2) is 0 Å². The molecule has 3 N–H and O–H groups in total. The van der Waals surface area contributed by atoms with Gasteiger partial charge in [-0.3, -0.25) is 19.4 Å². The zero-order valence-electron chi connectivity index (χ0n) is 17.0. The van der Waals surface area contributed by atoms with Crippen LogP contribution in [0.2, 0.25) is 0 Å². The summed E-state index contributed by atoms with van der Waals surface area (Å²) in [5.41, 5.74) is 3.57. The number of carbonyl (C=O) groups excluding carboxylic acids is 3. The van der Waals surface area contributed by atoms with Gasteiger partial charge in [0.2, 0.25) is 11.8 Å². The van der Waals surface area contributed by atoms with Crippen LogP contribution in [0.15, 0.2) is 79.1 Å². The largest absolute Gasteiger partial charge is 0.348 e. The molecule has 3 aromatic rings. The zero-order valence-corrected chi connectivity index (χ0v) is 17.0. The SMILES string of the molecule is CC(=O)Nc1ccc(/C=C/C(=O)Nc2ccc(C(=O)NCc3ccncc3)cc2)cc1. The number of pyridine rings is 1. The Labute approximate surface area is 180 Å². The summed E-state index contributed by atoms with van der Waals surface area (Å²) in [7, 11) is 0. The van der Waals surface area contributed by atoms with Gasteiger partial charge in [0.25, 0.3) is 5.91 Å². The minimum Gasteiger partial charge on any atom is -0.348 e. The Balaban J connectivity index is 1.50. The second-order valence-electron chi connectivity index (χ2n) is 6.74. The number of rotatable bonds is 7. The Morgan fingerprint density at radius 1 is 0.839 bits per heavy atom. The fourth-order valence-corrected chi connectivity index (χ4v) is 2.73. The van der Waals surface area contributed by atoms with Gasteiger partial charge >= 0.3 is 0 Å². The Morgan fingerprint density at radius 3 is 2.10 bits per heavy atom. The molecule has 1 heterocycles. The highest BCUT2D eigenvalue weighted by molar-refractivity contribution is 6.02. The highest BCUT2D eigenvalue weighted by atomic mass is 16.2. The maximum Gasteiger partial charge on any atom is 0.251 e. The molecule has 0 unspecified atom stereocenters. The van der Waals surface area contributed by atoms with Crippen molar-refractivity contribution in [3.05, 3.63) is 95.8 Å². The number of nitrogens with one attached hydrogen (secondary N) is 3. The van der Waals surface area contributed by atoms with Crippen LogP contribution in [0.3, 0.4) is 0 Å². The second-order valence-corrected chi connectivity index (χ2v) is 6.74. The molecule has 0 aliphatic heterocycles. The van der Waals surface area contributed by atoms with Gasteiger partial charge in [-0.25, -0.2) is 0 Å². The van der Waals surface area contributed by atoms with Gasteiger partial charge in [-0.15, -0.1) is 0 Å². The first-order valence-corrected chi connectivity index (χ1v) is 9.63. The number of benzene rings is 2. The molecule has 0 aliphatic carbocycles. The summed E-state index contributed by atoms with van der Waals surface area (Å²) >= 11 is 0. The Hall–Kier alpha value is -4.26. The number of hydrogen-bond acceptors (Lipinski definition) is 4. The van der Waals surface area contributed by atoms with Crippen LogP contribution < -0.4 is 16.0 Å². The van der Waals surface area contributed by atoms with Crippen molar-refractivity contribution >= 4 is 35.2 Å². The molecular formula is C24H22N4O3. The standard InChI is InChI=1S/C24H22N4O3/c1-17(29)27-21-7-2-18(3-8-21)4-11-23(30)28-22-9-5-20(6-10-22)24(31)26-16-19-12-14-25-15-13-19/h2-15H,16H2,1H3,(H,26,31)(H,27,29)(H,28,30)/b11-4+. The van der Waals surface area contributed by atoms with E-state index in [0.29, 0.717) is 23.5 Å². The van der Waals surface area contributed by atoms with E-state index in [4.69, 9.17) is 0 Å². The van der Waals surface area contributed by atoms with Crippen LogP contribution in [0.25, 0.3) is 6.08 Å². The normalized spacial score (nSPS) is 10.5. The van der Waals surface area contributed by atoms with Crippen LogP contribution in [0.4, 0.5) is 11.4 Å². The molecule has 0 aliphatic rings. The van der Waals surface area contributed by atoms with Crippen LogP contribution in [0.1, 0.15) is 28.4 Å². The summed E-state index contributed by atoms with van der Waals surface area (Å²) in [5, 5.41) is 8.28. The average Bonchev–Trinajstić information content (AvgIpc) is 2.78. The van der Waals surface area contributed by atoms with Crippen molar-refractivity contribution < 1.29 is 14.4 Å². The molecular weight excluding hydrogens is 392 g/mol. The lowest BCUT2D eigenvalue weighted by molar-refractivity contribution is -0.114. The lowest BCUT2D eigenvalue weighted by Crippen LogP contribution is -2.22. The summed E-state index contributed by atoms with van der Waals surface area (Å²) in [4.78, 5) is 39.4. The number of aromatic nitrogens is 1. The molecule has 1 aromatic heterocycles. The van der Waals surface area contributed by atoms with E-state index in [-0.39, 0.29) is 17.7 Å². The molecule has 7 nitrogen and oxygen atoms in total. The fraction of sp³-hybridized carbons (Fsp3) is 0.0833. The summed E-state index contributed by atoms with van der Waals surface area (Å²) in [6, 6.07) is 17.5. The minimum atomic E-state index is -0.291. The van der Waals surface area contributed by atoms with Gasteiger partial charge in [-0.05, 0) is 65.7 Å². The Bertz CT molecular complexity index is 1080. The summed E-state index contributed by atoms with van der Waals surface area (Å²) in [6.45, 7) is 1.86. The van der Waals surface area contributed by atoms with Crippen molar-refractivity contribution in [1.82, 2.24) is 10.3 Å². The molecule has 0 saturated carbocycles. The van der Waals surface area contributed by atoms with Crippen LogP contribution in [-0.2, 0) is 16.1 Å². The Morgan fingerprint density at radius 2 is 1.45 bits per heavy atom. The van der Waals surface area contributed by atoms with E-state index in [0.717, 1.165) is 11.1 Å². The lowest BCUT2D eigenvalue weighted by Gasteiger charge is -2.07. The van der Waals surface area contributed by atoms with Crippen LogP contribution in [-0.4, -0.2) is 22.7 Å². The molecule has 7 heteroatoms. The van der Waals surface area contributed by atoms with Crippen molar-refractivity contribution in [3.8, 4) is 0 Å². The van der Waals surface area contributed by atoms with E-state index in [2.05, 4.69) is 20.9 Å². The second kappa shape index (κ2) is 10.5. The van der Waals surface area contributed by atoms with Crippen molar-refractivity contribution in [1.29, 1.82) is 0 Å². The van der Waals surface area contributed by atoms with Crippen molar-refractivity contribution in [2.24, 2.45) is 0 Å². The maximum absolute atomic E-state index is 12.2. The molecule has 156 valence electrons. The highest BCUT2D eigenvalue weighted by Crippen LogP contribution is 2.12. The third-order valence-electron chi connectivity index (χ3n) is 4.28. The quantitative estimate of drug-likeness (QED) is 0.514.